The average molecular weight is 516 g/mol. The quantitative estimate of drug-likeness (QED) is 0.320. The highest BCUT2D eigenvalue weighted by Gasteiger charge is 2.28. The molecule has 0 saturated carbocycles. The van der Waals surface area contributed by atoms with Gasteiger partial charge in [-0.1, -0.05) is 11.6 Å². The molecule has 12 nitrogen and oxygen atoms in total. The minimum atomic E-state index is -1.18. The molecule has 6 rings (SSSR count). The van der Waals surface area contributed by atoms with Gasteiger partial charge in [0.2, 0.25) is 0 Å². The van der Waals surface area contributed by atoms with Crippen molar-refractivity contribution in [3.63, 3.8) is 0 Å². The number of pyridine rings is 2. The number of aromatic amines is 1. The lowest BCUT2D eigenvalue weighted by Gasteiger charge is -2.15. The second-order valence-corrected chi connectivity index (χ2v) is 8.89. The van der Waals surface area contributed by atoms with Gasteiger partial charge in [0.05, 0.1) is 23.6 Å². The summed E-state index contributed by atoms with van der Waals surface area (Å²) in [4.78, 5) is 36.1. The maximum absolute atomic E-state index is 13.4. The maximum atomic E-state index is 13.4. The van der Waals surface area contributed by atoms with Crippen molar-refractivity contribution in [2.24, 2.45) is 0 Å². The van der Waals surface area contributed by atoms with Gasteiger partial charge in [-0.3, -0.25) is 10.1 Å². The number of nitrogens with one attached hydrogen (secondary N) is 2. The monoisotopic (exact) mass is 515 g/mol. The minimum absolute atomic E-state index is 0.152. The Hall–Kier alpha value is -4.84. The minimum Gasteiger partial charge on any atom is -0.465 e. The van der Waals surface area contributed by atoms with Crippen molar-refractivity contribution >= 4 is 23.5 Å². The number of carbonyl (C=O) groups is 1. The molecule has 184 valence electrons. The van der Waals surface area contributed by atoms with Gasteiger partial charge in [0, 0.05) is 34.1 Å². The number of amides is 1. The lowest BCUT2D eigenvalue weighted by atomic mass is 10.0. The Morgan fingerprint density at radius 1 is 1.11 bits per heavy atom. The summed E-state index contributed by atoms with van der Waals surface area (Å²) in [5, 5.41) is 23.0. The number of halogens is 1. The fourth-order valence-electron chi connectivity index (χ4n) is 4.61. The summed E-state index contributed by atoms with van der Waals surface area (Å²) in [7, 11) is 0. The van der Waals surface area contributed by atoms with E-state index in [0.29, 0.717) is 35.1 Å². The normalized spacial score (nSPS) is 14.5. The fraction of sp³-hybridized carbons (Fsp3) is 0.125. The Kier molecular flexibility index (Phi) is 5.49. The molecule has 1 amide bonds. The molecular weight excluding hydrogens is 498 g/mol. The van der Waals surface area contributed by atoms with Crippen LogP contribution in [0.5, 0.6) is 0 Å². The summed E-state index contributed by atoms with van der Waals surface area (Å²) >= 11 is 6.28. The smallest absolute Gasteiger partial charge is 0.410 e. The highest BCUT2D eigenvalue weighted by Crippen LogP contribution is 2.34. The molecule has 0 fully saturated rings. The number of imidazole rings is 1. The van der Waals surface area contributed by atoms with Crippen LogP contribution in [0.4, 0.5) is 10.6 Å². The molecule has 1 unspecified atom stereocenters. The molecule has 4 aromatic heterocycles. The number of tetrazole rings is 1. The van der Waals surface area contributed by atoms with Gasteiger partial charge >= 0.3 is 6.09 Å². The van der Waals surface area contributed by atoms with E-state index in [1.807, 2.05) is 12.1 Å². The zero-order valence-electron chi connectivity index (χ0n) is 19.0. The van der Waals surface area contributed by atoms with E-state index in [1.165, 1.54) is 11.0 Å². The molecule has 0 radical (unpaired) electrons. The van der Waals surface area contributed by atoms with E-state index in [1.54, 1.807) is 47.3 Å². The molecule has 5 aromatic rings. The highest BCUT2D eigenvalue weighted by atomic mass is 35.5. The molecule has 0 spiro atoms. The lowest BCUT2D eigenvalue weighted by molar-refractivity contribution is 0.209. The molecule has 5 heterocycles. The largest absolute Gasteiger partial charge is 0.465 e. The molecule has 0 saturated heterocycles. The van der Waals surface area contributed by atoms with Crippen LogP contribution < -0.4 is 10.9 Å². The molecule has 13 heteroatoms. The first-order valence-corrected chi connectivity index (χ1v) is 11.6. The number of carboxylic acid groups (broad SMARTS) is 1. The average Bonchev–Trinajstić information content (AvgIpc) is 3.65. The number of aryl methyl sites for hydroxylation is 1. The Balaban J connectivity index is 1.32. The maximum Gasteiger partial charge on any atom is 0.410 e. The van der Waals surface area contributed by atoms with Crippen LogP contribution in [-0.2, 0) is 6.42 Å². The van der Waals surface area contributed by atoms with Gasteiger partial charge < -0.3 is 14.7 Å². The Bertz CT molecular complexity index is 1680. The van der Waals surface area contributed by atoms with Crippen LogP contribution in [-0.4, -0.2) is 50.9 Å². The number of hydrogen-bond donors (Lipinski definition) is 3. The fourth-order valence-corrected chi connectivity index (χ4v) is 4.78. The standard InChI is InChI=1S/C24H18ClN9O3/c25-15-2-4-19(33-12-28-31-32-33)17(9-15)14-7-16-3-5-20(34(16)22(35)8-14)23-27-11-18(29-23)13-1-6-21(26-10-13)30-24(36)37/h1-2,4,6-12,20H,3,5H2,(H,26,30)(H,27,29)(H,36,37). The summed E-state index contributed by atoms with van der Waals surface area (Å²) < 4.78 is 3.29. The lowest BCUT2D eigenvalue weighted by Crippen LogP contribution is -2.23. The molecule has 0 bridgehead atoms. The summed E-state index contributed by atoms with van der Waals surface area (Å²) in [6, 6.07) is 12.0. The summed E-state index contributed by atoms with van der Waals surface area (Å²) in [5.41, 5.74) is 4.38. The number of aromatic nitrogens is 8. The van der Waals surface area contributed by atoms with Crippen molar-refractivity contribution < 1.29 is 9.90 Å². The number of nitrogens with zero attached hydrogens (tertiary/aromatic N) is 7. The first-order chi connectivity index (χ1) is 18.0. The van der Waals surface area contributed by atoms with Crippen LogP contribution in [0.1, 0.15) is 24.0 Å². The van der Waals surface area contributed by atoms with E-state index in [2.05, 4.69) is 35.8 Å². The number of hydrogen-bond acceptors (Lipinski definition) is 7. The second-order valence-electron chi connectivity index (χ2n) is 8.46. The van der Waals surface area contributed by atoms with Gasteiger partial charge in [0.1, 0.15) is 18.0 Å². The van der Waals surface area contributed by atoms with E-state index in [9.17, 15) is 9.59 Å². The van der Waals surface area contributed by atoms with Gasteiger partial charge in [-0.05, 0) is 65.2 Å². The van der Waals surface area contributed by atoms with Crippen LogP contribution in [0.25, 0.3) is 28.1 Å². The molecular formula is C24H18ClN9O3. The zero-order valence-corrected chi connectivity index (χ0v) is 19.8. The first-order valence-electron chi connectivity index (χ1n) is 11.3. The van der Waals surface area contributed by atoms with Gasteiger partial charge in [0.25, 0.3) is 5.56 Å². The Labute approximate surface area is 213 Å². The third-order valence-electron chi connectivity index (χ3n) is 6.22. The van der Waals surface area contributed by atoms with Gasteiger partial charge in [-0.25, -0.2) is 14.8 Å². The van der Waals surface area contributed by atoms with Crippen molar-refractivity contribution in [1.29, 1.82) is 0 Å². The summed E-state index contributed by atoms with van der Waals surface area (Å²) in [6.45, 7) is 0. The van der Waals surface area contributed by atoms with Crippen molar-refractivity contribution in [1.82, 2.24) is 39.7 Å². The van der Waals surface area contributed by atoms with Crippen molar-refractivity contribution in [3.05, 3.63) is 88.1 Å². The van der Waals surface area contributed by atoms with E-state index in [-0.39, 0.29) is 17.4 Å². The number of benzene rings is 1. The highest BCUT2D eigenvalue weighted by molar-refractivity contribution is 6.31. The van der Waals surface area contributed by atoms with Crippen LogP contribution in [0.15, 0.2) is 66.0 Å². The Morgan fingerprint density at radius 2 is 2.00 bits per heavy atom. The van der Waals surface area contributed by atoms with Crippen molar-refractivity contribution in [3.8, 4) is 28.1 Å². The summed E-state index contributed by atoms with van der Waals surface area (Å²) in [5.74, 6) is 0.888. The number of anilines is 1. The van der Waals surface area contributed by atoms with E-state index >= 15 is 0 Å². The SMILES string of the molecule is O=C(O)Nc1ccc(-c2cnc(C3CCc4cc(-c5cc(Cl)ccc5-n5cnnn5)cc(=O)n43)[nH]2)cn1. The molecule has 1 atom stereocenters. The third kappa shape index (κ3) is 4.23. The van der Waals surface area contributed by atoms with Crippen molar-refractivity contribution in [2.75, 3.05) is 5.32 Å². The van der Waals surface area contributed by atoms with Crippen molar-refractivity contribution in [2.45, 2.75) is 18.9 Å². The molecule has 0 aliphatic carbocycles. The van der Waals surface area contributed by atoms with E-state index < -0.39 is 6.09 Å². The topological polar surface area (TPSA) is 156 Å². The van der Waals surface area contributed by atoms with E-state index in [4.69, 9.17) is 16.7 Å². The van der Waals surface area contributed by atoms with Crippen LogP contribution in [0.2, 0.25) is 5.02 Å². The predicted molar refractivity (Wildman–Crippen MR) is 134 cm³/mol. The molecule has 3 N–H and O–H groups in total. The first kappa shape index (κ1) is 22.6. The zero-order chi connectivity index (χ0) is 25.5. The summed E-state index contributed by atoms with van der Waals surface area (Å²) in [6.07, 6.45) is 4.94. The predicted octanol–water partition coefficient (Wildman–Crippen LogP) is 3.56. The number of H-pyrrole nitrogens is 1. The molecule has 37 heavy (non-hydrogen) atoms. The second kappa shape index (κ2) is 8.99. The Morgan fingerprint density at radius 3 is 2.76 bits per heavy atom. The number of rotatable bonds is 5. The van der Waals surface area contributed by atoms with Gasteiger partial charge in [-0.15, -0.1) is 5.10 Å². The van der Waals surface area contributed by atoms with Crippen LogP contribution in [0, 0.1) is 0 Å². The molecule has 1 aliphatic rings. The number of fused-ring (bicyclic) bond motifs is 1. The van der Waals surface area contributed by atoms with Gasteiger partial charge in [0.15, 0.2) is 0 Å². The van der Waals surface area contributed by atoms with E-state index in [0.717, 1.165) is 22.4 Å². The van der Waals surface area contributed by atoms with Crippen LogP contribution >= 0.6 is 11.6 Å². The molecule has 1 aliphatic heterocycles. The molecule has 1 aromatic carbocycles. The third-order valence-corrected chi connectivity index (χ3v) is 6.45. The van der Waals surface area contributed by atoms with Gasteiger partial charge in [-0.2, -0.15) is 4.68 Å². The van der Waals surface area contributed by atoms with Crippen LogP contribution in [0.3, 0.4) is 0 Å².